The van der Waals surface area contributed by atoms with Gasteiger partial charge in [-0.2, -0.15) is 0 Å². The predicted molar refractivity (Wildman–Crippen MR) is 105 cm³/mol. The van der Waals surface area contributed by atoms with Crippen molar-refractivity contribution in [1.29, 1.82) is 0 Å². The van der Waals surface area contributed by atoms with Crippen LogP contribution in [0, 0.1) is 12.7 Å². The molecule has 0 aliphatic heterocycles. The molecule has 0 unspecified atom stereocenters. The van der Waals surface area contributed by atoms with Crippen LogP contribution in [0.4, 0.5) is 10.2 Å². The monoisotopic (exact) mass is 363 g/mol. The predicted octanol–water partition coefficient (Wildman–Crippen LogP) is 4.11. The molecule has 3 aromatic rings. The first-order valence-corrected chi connectivity index (χ1v) is 8.89. The van der Waals surface area contributed by atoms with Gasteiger partial charge in [0.05, 0.1) is 5.56 Å². The molecule has 0 atom stereocenters. The normalized spacial score (nSPS) is 10.4. The summed E-state index contributed by atoms with van der Waals surface area (Å²) in [5, 5.41) is 6.02. The number of aryl methyl sites for hydroxylation is 1. The van der Waals surface area contributed by atoms with Crippen LogP contribution >= 0.6 is 0 Å². The molecule has 2 N–H and O–H groups in total. The third-order valence-electron chi connectivity index (χ3n) is 4.26. The standard InChI is InChI=1S/C22H22FN3O/c1-16-6-8-17(9-7-16)14-26-22(27)19-10-11-21(25-15-19)24-13-12-18-4-2-3-5-20(18)23/h2-11,15H,12-14H2,1H3,(H,24,25)(H,26,27). The summed E-state index contributed by atoms with van der Waals surface area (Å²) in [6, 6.07) is 18.2. The minimum Gasteiger partial charge on any atom is -0.370 e. The largest absolute Gasteiger partial charge is 0.370 e. The highest BCUT2D eigenvalue weighted by molar-refractivity contribution is 5.94. The van der Waals surface area contributed by atoms with E-state index in [4.69, 9.17) is 0 Å². The van der Waals surface area contributed by atoms with Gasteiger partial charge in [0.15, 0.2) is 0 Å². The Balaban J connectivity index is 1.48. The van der Waals surface area contributed by atoms with Gasteiger partial charge in [-0.25, -0.2) is 9.37 Å². The maximum absolute atomic E-state index is 13.6. The minimum absolute atomic E-state index is 0.166. The Morgan fingerprint density at radius 3 is 2.52 bits per heavy atom. The van der Waals surface area contributed by atoms with E-state index < -0.39 is 0 Å². The van der Waals surface area contributed by atoms with Gasteiger partial charge in [-0.05, 0) is 42.7 Å². The molecular weight excluding hydrogens is 341 g/mol. The molecule has 4 nitrogen and oxygen atoms in total. The van der Waals surface area contributed by atoms with Crippen LogP contribution in [0.25, 0.3) is 0 Å². The number of halogens is 1. The minimum atomic E-state index is -0.201. The van der Waals surface area contributed by atoms with Crippen molar-refractivity contribution in [3.63, 3.8) is 0 Å². The third kappa shape index (κ3) is 5.38. The lowest BCUT2D eigenvalue weighted by Gasteiger charge is -2.08. The highest BCUT2D eigenvalue weighted by Gasteiger charge is 2.06. The van der Waals surface area contributed by atoms with E-state index in [0.717, 1.165) is 5.56 Å². The highest BCUT2D eigenvalue weighted by atomic mass is 19.1. The Bertz CT molecular complexity index is 892. The molecule has 0 aliphatic carbocycles. The molecule has 0 spiro atoms. The number of hydrogen-bond donors (Lipinski definition) is 2. The summed E-state index contributed by atoms with van der Waals surface area (Å²) < 4.78 is 13.6. The van der Waals surface area contributed by atoms with E-state index in [2.05, 4.69) is 15.6 Å². The number of aromatic nitrogens is 1. The van der Waals surface area contributed by atoms with E-state index in [1.54, 1.807) is 24.3 Å². The van der Waals surface area contributed by atoms with Crippen molar-refractivity contribution in [2.45, 2.75) is 19.9 Å². The SMILES string of the molecule is Cc1ccc(CNC(=O)c2ccc(NCCc3ccccc3F)nc2)cc1. The number of benzene rings is 2. The molecule has 2 aromatic carbocycles. The van der Waals surface area contributed by atoms with E-state index >= 15 is 0 Å². The molecule has 0 aliphatic rings. The summed E-state index contributed by atoms with van der Waals surface area (Å²) in [4.78, 5) is 16.5. The van der Waals surface area contributed by atoms with Gasteiger partial charge in [0.2, 0.25) is 0 Å². The highest BCUT2D eigenvalue weighted by Crippen LogP contribution is 2.09. The van der Waals surface area contributed by atoms with Gasteiger partial charge < -0.3 is 10.6 Å². The quantitative estimate of drug-likeness (QED) is 0.664. The molecule has 0 radical (unpaired) electrons. The summed E-state index contributed by atoms with van der Waals surface area (Å²) in [6.07, 6.45) is 2.10. The fourth-order valence-corrected chi connectivity index (χ4v) is 2.65. The molecule has 0 bridgehead atoms. The van der Waals surface area contributed by atoms with Gasteiger partial charge in [-0.15, -0.1) is 0 Å². The van der Waals surface area contributed by atoms with Gasteiger partial charge in [0.1, 0.15) is 11.6 Å². The lowest BCUT2D eigenvalue weighted by atomic mass is 10.1. The van der Waals surface area contributed by atoms with Crippen molar-refractivity contribution in [2.24, 2.45) is 0 Å². The van der Waals surface area contributed by atoms with Crippen molar-refractivity contribution in [2.75, 3.05) is 11.9 Å². The molecule has 0 saturated heterocycles. The molecule has 1 amide bonds. The van der Waals surface area contributed by atoms with Crippen molar-refractivity contribution >= 4 is 11.7 Å². The van der Waals surface area contributed by atoms with Crippen LogP contribution < -0.4 is 10.6 Å². The first kappa shape index (κ1) is 18.6. The van der Waals surface area contributed by atoms with Crippen LogP contribution in [0.5, 0.6) is 0 Å². The number of carbonyl (C=O) groups is 1. The number of hydrogen-bond acceptors (Lipinski definition) is 3. The van der Waals surface area contributed by atoms with Crippen LogP contribution in [0.1, 0.15) is 27.0 Å². The molecule has 1 aromatic heterocycles. The number of nitrogens with one attached hydrogen (secondary N) is 2. The molecule has 0 fully saturated rings. The number of nitrogens with zero attached hydrogens (tertiary/aromatic N) is 1. The van der Waals surface area contributed by atoms with Crippen molar-refractivity contribution in [3.8, 4) is 0 Å². The van der Waals surface area contributed by atoms with E-state index in [1.165, 1.54) is 17.8 Å². The lowest BCUT2D eigenvalue weighted by molar-refractivity contribution is 0.0950. The fourth-order valence-electron chi connectivity index (χ4n) is 2.65. The van der Waals surface area contributed by atoms with Gasteiger partial charge in [-0.3, -0.25) is 4.79 Å². The second kappa shape index (κ2) is 8.94. The first-order valence-electron chi connectivity index (χ1n) is 8.89. The molecule has 138 valence electrons. The van der Waals surface area contributed by atoms with Crippen molar-refractivity contribution in [1.82, 2.24) is 10.3 Å². The second-order valence-electron chi connectivity index (χ2n) is 6.37. The zero-order valence-corrected chi connectivity index (χ0v) is 15.2. The van der Waals surface area contributed by atoms with Gasteiger partial charge >= 0.3 is 0 Å². The summed E-state index contributed by atoms with van der Waals surface area (Å²) in [5.74, 6) is 0.287. The number of anilines is 1. The molecule has 1 heterocycles. The topological polar surface area (TPSA) is 54.0 Å². The number of amides is 1. The van der Waals surface area contributed by atoms with Crippen LogP contribution in [0.2, 0.25) is 0 Å². The van der Waals surface area contributed by atoms with Crippen molar-refractivity contribution in [3.05, 3.63) is 94.9 Å². The van der Waals surface area contributed by atoms with E-state index in [1.807, 2.05) is 37.3 Å². The summed E-state index contributed by atoms with van der Waals surface area (Å²) >= 11 is 0. The zero-order valence-electron chi connectivity index (χ0n) is 15.2. The number of rotatable bonds is 7. The average Bonchev–Trinajstić information content (AvgIpc) is 2.69. The fraction of sp³-hybridized carbons (Fsp3) is 0.182. The van der Waals surface area contributed by atoms with Gasteiger partial charge in [0.25, 0.3) is 5.91 Å². The Kier molecular flexibility index (Phi) is 6.15. The van der Waals surface area contributed by atoms with Crippen LogP contribution in [-0.2, 0) is 13.0 Å². The maximum Gasteiger partial charge on any atom is 0.253 e. The second-order valence-corrected chi connectivity index (χ2v) is 6.37. The molecular formula is C22H22FN3O. The molecule has 5 heteroatoms. The Morgan fingerprint density at radius 1 is 1.04 bits per heavy atom. The van der Waals surface area contributed by atoms with Crippen LogP contribution in [-0.4, -0.2) is 17.4 Å². The van der Waals surface area contributed by atoms with E-state index in [9.17, 15) is 9.18 Å². The first-order chi connectivity index (χ1) is 13.1. The Hall–Kier alpha value is -3.21. The Labute approximate surface area is 158 Å². The number of pyridine rings is 1. The zero-order chi connectivity index (χ0) is 19.1. The van der Waals surface area contributed by atoms with Crippen molar-refractivity contribution < 1.29 is 9.18 Å². The lowest BCUT2D eigenvalue weighted by Crippen LogP contribution is -2.23. The van der Waals surface area contributed by atoms with Crippen LogP contribution in [0.15, 0.2) is 66.9 Å². The number of carbonyl (C=O) groups excluding carboxylic acids is 1. The average molecular weight is 363 g/mol. The maximum atomic E-state index is 13.6. The third-order valence-corrected chi connectivity index (χ3v) is 4.26. The summed E-state index contributed by atoms with van der Waals surface area (Å²) in [7, 11) is 0. The Morgan fingerprint density at radius 2 is 1.81 bits per heavy atom. The summed E-state index contributed by atoms with van der Waals surface area (Å²) in [6.45, 7) is 3.06. The van der Waals surface area contributed by atoms with E-state index in [-0.39, 0.29) is 11.7 Å². The smallest absolute Gasteiger partial charge is 0.253 e. The van der Waals surface area contributed by atoms with Gasteiger partial charge in [0, 0.05) is 19.3 Å². The summed E-state index contributed by atoms with van der Waals surface area (Å²) in [5.41, 5.74) is 3.40. The molecule has 3 rings (SSSR count). The molecule has 27 heavy (non-hydrogen) atoms. The molecule has 0 saturated carbocycles. The van der Waals surface area contributed by atoms with Gasteiger partial charge in [-0.1, -0.05) is 48.0 Å². The van der Waals surface area contributed by atoms with Crippen LogP contribution in [0.3, 0.4) is 0 Å². The van der Waals surface area contributed by atoms with E-state index in [0.29, 0.717) is 36.5 Å².